The van der Waals surface area contributed by atoms with Gasteiger partial charge in [-0.1, -0.05) is 24.3 Å². The molecule has 2 amide bonds. The highest BCUT2D eigenvalue weighted by atomic mass is 79.9. The molecule has 0 radical (unpaired) electrons. The van der Waals surface area contributed by atoms with Crippen LogP contribution in [0.25, 0.3) is 0 Å². The van der Waals surface area contributed by atoms with Crippen molar-refractivity contribution in [2.75, 3.05) is 16.8 Å². The number of carbonyl (C=O) groups is 2. The molecule has 1 fully saturated rings. The van der Waals surface area contributed by atoms with Gasteiger partial charge in [-0.3, -0.25) is 14.6 Å². The first-order valence-electron chi connectivity index (χ1n) is 8.66. The summed E-state index contributed by atoms with van der Waals surface area (Å²) < 4.78 is 0.803. The molecule has 1 heterocycles. The SMILES string of the molecule is O=C(CN1C(=O)[C@H]2CCCC2=Nc2ccccc21)Nc1ccccc1Br. The topological polar surface area (TPSA) is 61.8 Å². The molecule has 0 spiro atoms. The third-order valence-electron chi connectivity index (χ3n) is 4.78. The van der Waals surface area contributed by atoms with Gasteiger partial charge in [-0.2, -0.15) is 0 Å². The van der Waals surface area contributed by atoms with Crippen molar-refractivity contribution < 1.29 is 9.59 Å². The van der Waals surface area contributed by atoms with Crippen molar-refractivity contribution in [1.82, 2.24) is 0 Å². The van der Waals surface area contributed by atoms with E-state index < -0.39 is 0 Å². The first kappa shape index (κ1) is 17.0. The zero-order valence-electron chi connectivity index (χ0n) is 14.1. The molecule has 132 valence electrons. The molecule has 1 N–H and O–H groups in total. The lowest BCUT2D eigenvalue weighted by Crippen LogP contribution is -2.41. The maximum Gasteiger partial charge on any atom is 0.244 e. The van der Waals surface area contributed by atoms with Gasteiger partial charge < -0.3 is 10.2 Å². The van der Waals surface area contributed by atoms with Crippen molar-refractivity contribution in [2.45, 2.75) is 19.3 Å². The van der Waals surface area contributed by atoms with Crippen molar-refractivity contribution in [1.29, 1.82) is 0 Å². The van der Waals surface area contributed by atoms with Crippen LogP contribution < -0.4 is 10.2 Å². The summed E-state index contributed by atoms with van der Waals surface area (Å²) in [6.07, 6.45) is 2.62. The standard InChI is InChI=1S/C20H18BrN3O2/c21-14-7-1-2-8-16(14)23-19(25)12-24-18-11-4-3-9-17(18)22-15-10-5-6-13(15)20(24)26/h1-4,7-9,11,13H,5-6,10,12H2,(H,23,25)/t13-/m0/s1. The van der Waals surface area contributed by atoms with E-state index in [-0.39, 0.29) is 24.3 Å². The van der Waals surface area contributed by atoms with Crippen molar-refractivity contribution in [3.8, 4) is 0 Å². The van der Waals surface area contributed by atoms with Crippen LogP contribution in [0.15, 0.2) is 58.0 Å². The highest BCUT2D eigenvalue weighted by Gasteiger charge is 2.37. The number of anilines is 2. The second-order valence-electron chi connectivity index (χ2n) is 6.49. The van der Waals surface area contributed by atoms with E-state index in [1.165, 1.54) is 0 Å². The zero-order valence-corrected chi connectivity index (χ0v) is 15.7. The van der Waals surface area contributed by atoms with Gasteiger partial charge in [0.1, 0.15) is 6.54 Å². The van der Waals surface area contributed by atoms with E-state index in [0.29, 0.717) is 11.4 Å². The third kappa shape index (κ3) is 3.17. The van der Waals surface area contributed by atoms with Gasteiger partial charge in [0.05, 0.1) is 23.0 Å². The molecule has 1 atom stereocenters. The summed E-state index contributed by atoms with van der Waals surface area (Å²) in [7, 11) is 0. The number of carbonyl (C=O) groups excluding carboxylic acids is 2. The van der Waals surface area contributed by atoms with Crippen LogP contribution in [0.5, 0.6) is 0 Å². The molecule has 2 aliphatic rings. The molecular formula is C20H18BrN3O2. The van der Waals surface area contributed by atoms with Gasteiger partial charge in [-0.05, 0) is 59.5 Å². The summed E-state index contributed by atoms with van der Waals surface area (Å²) in [5, 5.41) is 2.87. The fraction of sp³-hybridized carbons (Fsp3) is 0.250. The quantitative estimate of drug-likeness (QED) is 0.817. The fourth-order valence-electron chi connectivity index (χ4n) is 3.54. The summed E-state index contributed by atoms with van der Waals surface area (Å²) in [6, 6.07) is 14.9. The highest BCUT2D eigenvalue weighted by Crippen LogP contribution is 2.37. The molecular weight excluding hydrogens is 394 g/mol. The summed E-state index contributed by atoms with van der Waals surface area (Å²) in [5.74, 6) is -0.478. The molecule has 1 aliphatic carbocycles. The lowest BCUT2D eigenvalue weighted by atomic mass is 10.1. The van der Waals surface area contributed by atoms with Gasteiger partial charge in [0, 0.05) is 10.2 Å². The van der Waals surface area contributed by atoms with E-state index in [2.05, 4.69) is 21.2 Å². The minimum absolute atomic E-state index is 0.0313. The number of benzene rings is 2. The van der Waals surface area contributed by atoms with Crippen molar-refractivity contribution >= 4 is 50.5 Å². The smallest absolute Gasteiger partial charge is 0.244 e. The number of hydrogen-bond donors (Lipinski definition) is 1. The maximum atomic E-state index is 13.1. The maximum absolute atomic E-state index is 13.1. The molecule has 0 saturated heterocycles. The average Bonchev–Trinajstić information content (AvgIpc) is 3.06. The Hall–Kier alpha value is -2.47. The summed E-state index contributed by atoms with van der Waals surface area (Å²) >= 11 is 3.42. The fourth-order valence-corrected chi connectivity index (χ4v) is 3.92. The van der Waals surface area contributed by atoms with Crippen molar-refractivity contribution in [3.05, 3.63) is 53.0 Å². The van der Waals surface area contributed by atoms with Gasteiger partial charge in [-0.15, -0.1) is 0 Å². The van der Waals surface area contributed by atoms with Crippen molar-refractivity contribution in [2.24, 2.45) is 10.9 Å². The Balaban J connectivity index is 1.62. The molecule has 4 rings (SSSR count). The molecule has 1 aliphatic heterocycles. The first-order chi connectivity index (χ1) is 12.6. The average molecular weight is 412 g/mol. The Labute approximate surface area is 160 Å². The monoisotopic (exact) mass is 411 g/mol. The summed E-state index contributed by atoms with van der Waals surface area (Å²) in [6.45, 7) is -0.0313. The Kier molecular flexibility index (Phi) is 4.59. The minimum Gasteiger partial charge on any atom is -0.324 e. The van der Waals surface area contributed by atoms with Crippen LogP contribution in [0, 0.1) is 5.92 Å². The number of rotatable bonds is 3. The second kappa shape index (κ2) is 7.03. The number of hydrogen-bond acceptors (Lipinski definition) is 3. The van der Waals surface area contributed by atoms with E-state index in [1.54, 1.807) is 4.90 Å². The van der Waals surface area contributed by atoms with Gasteiger partial charge in [0.25, 0.3) is 0 Å². The van der Waals surface area contributed by atoms with Gasteiger partial charge >= 0.3 is 0 Å². The van der Waals surface area contributed by atoms with Crippen LogP contribution in [0.1, 0.15) is 19.3 Å². The number of fused-ring (bicyclic) bond motifs is 2. The molecule has 0 bridgehead atoms. The normalized spacial score (nSPS) is 18.7. The van der Waals surface area contributed by atoms with E-state index >= 15 is 0 Å². The number of nitrogens with zero attached hydrogens (tertiary/aromatic N) is 2. The molecule has 0 unspecified atom stereocenters. The molecule has 5 nitrogen and oxygen atoms in total. The van der Waals surface area contributed by atoms with Crippen LogP contribution in [0.2, 0.25) is 0 Å². The van der Waals surface area contributed by atoms with E-state index in [1.807, 2.05) is 48.5 Å². The lowest BCUT2D eigenvalue weighted by molar-refractivity contribution is -0.122. The Morgan fingerprint density at radius 1 is 1.19 bits per heavy atom. The molecule has 2 aromatic carbocycles. The van der Waals surface area contributed by atoms with Gasteiger partial charge in [0.15, 0.2) is 0 Å². The van der Waals surface area contributed by atoms with Crippen LogP contribution >= 0.6 is 15.9 Å². The van der Waals surface area contributed by atoms with Gasteiger partial charge in [0.2, 0.25) is 11.8 Å². The van der Waals surface area contributed by atoms with E-state index in [9.17, 15) is 9.59 Å². The first-order valence-corrected chi connectivity index (χ1v) is 9.45. The highest BCUT2D eigenvalue weighted by molar-refractivity contribution is 9.10. The van der Waals surface area contributed by atoms with Crippen LogP contribution in [-0.2, 0) is 9.59 Å². The van der Waals surface area contributed by atoms with E-state index in [4.69, 9.17) is 4.99 Å². The second-order valence-corrected chi connectivity index (χ2v) is 7.34. The summed E-state index contributed by atoms with van der Waals surface area (Å²) in [5.41, 5.74) is 3.08. The van der Waals surface area contributed by atoms with Crippen LogP contribution in [-0.4, -0.2) is 24.1 Å². The number of nitrogens with one attached hydrogen (secondary N) is 1. The van der Waals surface area contributed by atoms with Crippen LogP contribution in [0.4, 0.5) is 17.1 Å². The molecule has 2 aromatic rings. The number of amides is 2. The predicted octanol–water partition coefficient (Wildman–Crippen LogP) is 4.31. The molecule has 1 saturated carbocycles. The molecule has 0 aromatic heterocycles. The molecule has 6 heteroatoms. The Morgan fingerprint density at radius 2 is 1.96 bits per heavy atom. The Bertz CT molecular complexity index is 909. The predicted molar refractivity (Wildman–Crippen MR) is 106 cm³/mol. The van der Waals surface area contributed by atoms with Crippen LogP contribution in [0.3, 0.4) is 0 Å². The Morgan fingerprint density at radius 3 is 2.81 bits per heavy atom. The largest absolute Gasteiger partial charge is 0.324 e. The number of para-hydroxylation sites is 3. The molecule has 26 heavy (non-hydrogen) atoms. The minimum atomic E-state index is -0.235. The third-order valence-corrected chi connectivity index (χ3v) is 5.47. The summed E-state index contributed by atoms with van der Waals surface area (Å²) in [4.78, 5) is 32.0. The van der Waals surface area contributed by atoms with Gasteiger partial charge in [-0.25, -0.2) is 0 Å². The zero-order chi connectivity index (χ0) is 18.1. The van der Waals surface area contributed by atoms with E-state index in [0.717, 1.165) is 35.1 Å². The van der Waals surface area contributed by atoms with Crippen molar-refractivity contribution in [3.63, 3.8) is 0 Å². The lowest BCUT2D eigenvalue weighted by Gasteiger charge is -2.24. The number of aliphatic imine (C=N–C) groups is 1. The number of halogens is 1.